The molecule has 0 saturated carbocycles. The van der Waals surface area contributed by atoms with Crippen molar-refractivity contribution in [3.63, 3.8) is 0 Å². The van der Waals surface area contributed by atoms with Crippen molar-refractivity contribution >= 4 is 16.7 Å². The molecule has 0 aliphatic rings. The van der Waals surface area contributed by atoms with Crippen LogP contribution >= 0.6 is 0 Å². The molecule has 0 aliphatic heterocycles. The Morgan fingerprint density at radius 2 is 2.17 bits per heavy atom. The predicted molar refractivity (Wildman–Crippen MR) is 77.1 cm³/mol. The number of anilines is 1. The Balaban J connectivity index is 2.01. The van der Waals surface area contributed by atoms with E-state index in [2.05, 4.69) is 40.4 Å². The molecule has 0 aliphatic carbocycles. The summed E-state index contributed by atoms with van der Waals surface area (Å²) >= 11 is 0. The Morgan fingerprint density at radius 1 is 1.33 bits per heavy atom. The highest BCUT2D eigenvalue weighted by molar-refractivity contribution is 5.79. The molecule has 0 bridgehead atoms. The predicted octanol–water partition coefficient (Wildman–Crippen LogP) is 2.01. The minimum absolute atomic E-state index is 1.07. The highest BCUT2D eigenvalue weighted by atomic mass is 15.1. The van der Waals surface area contributed by atoms with Crippen LogP contribution in [0, 0.1) is 0 Å². The number of hydrogen-bond donors (Lipinski definition) is 1. The Kier molecular flexibility index (Phi) is 4.20. The van der Waals surface area contributed by atoms with Gasteiger partial charge in [0.05, 0.1) is 17.4 Å². The van der Waals surface area contributed by atoms with Crippen molar-refractivity contribution in [2.45, 2.75) is 12.8 Å². The van der Waals surface area contributed by atoms with E-state index < -0.39 is 0 Å². The first-order chi connectivity index (χ1) is 8.72. The van der Waals surface area contributed by atoms with Gasteiger partial charge in [-0.05, 0) is 44.6 Å². The first-order valence-electron chi connectivity index (χ1n) is 6.49. The van der Waals surface area contributed by atoms with Crippen LogP contribution in [0.25, 0.3) is 11.0 Å². The summed E-state index contributed by atoms with van der Waals surface area (Å²) in [6, 6.07) is 6.47. The first-order valence-corrected chi connectivity index (χ1v) is 6.49. The summed E-state index contributed by atoms with van der Waals surface area (Å²) in [4.78, 5) is 6.69. The summed E-state index contributed by atoms with van der Waals surface area (Å²) in [5, 5.41) is 3.18. The fraction of sp³-hybridized carbons (Fsp3) is 0.500. The minimum atomic E-state index is 1.07. The molecule has 4 nitrogen and oxygen atoms in total. The lowest BCUT2D eigenvalue weighted by Gasteiger charge is -2.19. The standard InChI is InChI=1S/C14H22N4/c1-15-8-4-5-9-17(2)12-6-7-14-13(10-12)16-11-18(14)3/h6-7,10-11,15H,4-5,8-9H2,1-3H3. The van der Waals surface area contributed by atoms with E-state index in [0.29, 0.717) is 0 Å². The van der Waals surface area contributed by atoms with Crippen LogP contribution in [0.4, 0.5) is 5.69 Å². The fourth-order valence-corrected chi connectivity index (χ4v) is 2.14. The molecule has 0 radical (unpaired) electrons. The van der Waals surface area contributed by atoms with Crippen LogP contribution in [-0.4, -0.2) is 36.7 Å². The topological polar surface area (TPSA) is 33.1 Å². The number of fused-ring (bicyclic) bond motifs is 1. The van der Waals surface area contributed by atoms with Gasteiger partial charge < -0.3 is 14.8 Å². The molecule has 0 fully saturated rings. The third kappa shape index (κ3) is 2.82. The summed E-state index contributed by atoms with van der Waals surface area (Å²) in [5.74, 6) is 0. The van der Waals surface area contributed by atoms with E-state index in [1.54, 1.807) is 0 Å². The maximum Gasteiger partial charge on any atom is 0.0955 e. The molecule has 1 heterocycles. The smallest absolute Gasteiger partial charge is 0.0955 e. The second kappa shape index (κ2) is 5.87. The molecule has 1 N–H and O–H groups in total. The quantitative estimate of drug-likeness (QED) is 0.792. The van der Waals surface area contributed by atoms with Crippen molar-refractivity contribution in [2.75, 3.05) is 32.1 Å². The number of benzene rings is 1. The SMILES string of the molecule is CNCCCCN(C)c1ccc2c(c1)ncn2C. The molecule has 18 heavy (non-hydrogen) atoms. The van der Waals surface area contributed by atoms with Crippen LogP contribution in [0.3, 0.4) is 0 Å². The van der Waals surface area contributed by atoms with Crippen LogP contribution in [-0.2, 0) is 7.05 Å². The Morgan fingerprint density at radius 3 is 2.94 bits per heavy atom. The number of nitrogens with zero attached hydrogens (tertiary/aromatic N) is 3. The van der Waals surface area contributed by atoms with Crippen LogP contribution in [0.15, 0.2) is 24.5 Å². The minimum Gasteiger partial charge on any atom is -0.375 e. The molecule has 0 saturated heterocycles. The van der Waals surface area contributed by atoms with E-state index in [-0.39, 0.29) is 0 Å². The molecular weight excluding hydrogens is 224 g/mol. The zero-order chi connectivity index (χ0) is 13.0. The fourth-order valence-electron chi connectivity index (χ4n) is 2.14. The van der Waals surface area contributed by atoms with Crippen LogP contribution < -0.4 is 10.2 Å². The highest BCUT2D eigenvalue weighted by Crippen LogP contribution is 2.20. The number of unbranched alkanes of at least 4 members (excludes halogenated alkanes) is 1. The van der Waals surface area contributed by atoms with Gasteiger partial charge in [0, 0.05) is 26.3 Å². The third-order valence-electron chi connectivity index (χ3n) is 3.32. The number of aryl methyl sites for hydroxylation is 1. The largest absolute Gasteiger partial charge is 0.375 e. The summed E-state index contributed by atoms with van der Waals surface area (Å²) in [6.45, 7) is 2.17. The van der Waals surface area contributed by atoms with Crippen molar-refractivity contribution in [1.82, 2.24) is 14.9 Å². The lowest BCUT2D eigenvalue weighted by Crippen LogP contribution is -2.19. The van der Waals surface area contributed by atoms with E-state index in [1.807, 2.05) is 25.0 Å². The van der Waals surface area contributed by atoms with Gasteiger partial charge in [0.2, 0.25) is 0 Å². The monoisotopic (exact) mass is 246 g/mol. The molecule has 0 atom stereocenters. The van der Waals surface area contributed by atoms with Gasteiger partial charge in [-0.3, -0.25) is 0 Å². The van der Waals surface area contributed by atoms with Crippen LogP contribution in [0.2, 0.25) is 0 Å². The second-order valence-corrected chi connectivity index (χ2v) is 4.76. The third-order valence-corrected chi connectivity index (χ3v) is 3.32. The number of hydrogen-bond acceptors (Lipinski definition) is 3. The van der Waals surface area contributed by atoms with Gasteiger partial charge in [-0.25, -0.2) is 4.98 Å². The number of imidazole rings is 1. The summed E-state index contributed by atoms with van der Waals surface area (Å²) in [7, 11) is 6.17. The zero-order valence-corrected chi connectivity index (χ0v) is 11.5. The molecule has 2 aromatic rings. The van der Waals surface area contributed by atoms with Gasteiger partial charge in [0.15, 0.2) is 0 Å². The highest BCUT2D eigenvalue weighted by Gasteiger charge is 2.04. The molecule has 0 spiro atoms. The molecule has 0 unspecified atom stereocenters. The average molecular weight is 246 g/mol. The van der Waals surface area contributed by atoms with Gasteiger partial charge >= 0.3 is 0 Å². The maximum atomic E-state index is 4.40. The van der Waals surface area contributed by atoms with Crippen molar-refractivity contribution in [2.24, 2.45) is 7.05 Å². The average Bonchev–Trinajstić information content (AvgIpc) is 2.76. The van der Waals surface area contributed by atoms with E-state index >= 15 is 0 Å². The van der Waals surface area contributed by atoms with Gasteiger partial charge in [0.1, 0.15) is 0 Å². The Labute approximate surface area is 109 Å². The second-order valence-electron chi connectivity index (χ2n) is 4.76. The van der Waals surface area contributed by atoms with Crippen molar-refractivity contribution in [3.8, 4) is 0 Å². The summed E-state index contributed by atoms with van der Waals surface area (Å²) < 4.78 is 2.05. The van der Waals surface area contributed by atoms with E-state index in [1.165, 1.54) is 24.0 Å². The zero-order valence-electron chi connectivity index (χ0n) is 11.5. The van der Waals surface area contributed by atoms with Gasteiger partial charge in [-0.2, -0.15) is 0 Å². The van der Waals surface area contributed by atoms with Crippen molar-refractivity contribution < 1.29 is 0 Å². The van der Waals surface area contributed by atoms with Crippen LogP contribution in [0.5, 0.6) is 0 Å². The Bertz CT molecular complexity index is 503. The molecular formula is C14H22N4. The van der Waals surface area contributed by atoms with E-state index in [0.717, 1.165) is 18.6 Å². The molecule has 4 heteroatoms. The molecule has 1 aromatic heterocycles. The first kappa shape index (κ1) is 12.9. The normalized spacial score (nSPS) is 11.1. The summed E-state index contributed by atoms with van der Waals surface area (Å²) in [6.07, 6.45) is 4.28. The van der Waals surface area contributed by atoms with Crippen LogP contribution in [0.1, 0.15) is 12.8 Å². The number of rotatable bonds is 6. The van der Waals surface area contributed by atoms with Gasteiger partial charge in [0.25, 0.3) is 0 Å². The van der Waals surface area contributed by atoms with Gasteiger partial charge in [-0.15, -0.1) is 0 Å². The number of aromatic nitrogens is 2. The maximum absolute atomic E-state index is 4.40. The Hall–Kier alpha value is -1.55. The van der Waals surface area contributed by atoms with Crippen molar-refractivity contribution in [1.29, 1.82) is 0 Å². The lowest BCUT2D eigenvalue weighted by atomic mass is 10.2. The molecule has 0 amide bonds. The van der Waals surface area contributed by atoms with Gasteiger partial charge in [-0.1, -0.05) is 0 Å². The molecule has 1 aromatic carbocycles. The van der Waals surface area contributed by atoms with Crippen molar-refractivity contribution in [3.05, 3.63) is 24.5 Å². The number of nitrogens with one attached hydrogen (secondary N) is 1. The summed E-state index contributed by atoms with van der Waals surface area (Å²) in [5.41, 5.74) is 3.49. The molecule has 98 valence electrons. The molecule has 2 rings (SSSR count). The lowest BCUT2D eigenvalue weighted by molar-refractivity contribution is 0.671. The van der Waals surface area contributed by atoms with E-state index in [4.69, 9.17) is 0 Å². The van der Waals surface area contributed by atoms with E-state index in [9.17, 15) is 0 Å².